The van der Waals surface area contributed by atoms with Gasteiger partial charge in [-0.3, -0.25) is 4.90 Å². The molecule has 6 heteroatoms. The average molecular weight is 383 g/mol. The van der Waals surface area contributed by atoms with Crippen molar-refractivity contribution in [3.63, 3.8) is 0 Å². The van der Waals surface area contributed by atoms with E-state index in [0.29, 0.717) is 31.8 Å². The van der Waals surface area contributed by atoms with Gasteiger partial charge in [0.25, 0.3) is 0 Å². The summed E-state index contributed by atoms with van der Waals surface area (Å²) in [4.78, 5) is 14.5. The van der Waals surface area contributed by atoms with Crippen LogP contribution in [0.4, 0.5) is 4.79 Å². The molecular weight excluding hydrogens is 358 g/mol. The number of hydrogen-bond acceptors (Lipinski definition) is 5. The number of methoxy groups -OCH3 is 1. The van der Waals surface area contributed by atoms with E-state index < -0.39 is 5.60 Å². The second-order valence-electron chi connectivity index (χ2n) is 7.46. The third kappa shape index (κ3) is 3.70. The van der Waals surface area contributed by atoms with Crippen LogP contribution in [0.25, 0.3) is 0 Å². The zero-order chi connectivity index (χ0) is 19.6. The summed E-state index contributed by atoms with van der Waals surface area (Å²) >= 11 is 0. The Hall–Kier alpha value is -2.57. The molecule has 2 heterocycles. The molecule has 2 unspecified atom stereocenters. The molecule has 28 heavy (non-hydrogen) atoms. The van der Waals surface area contributed by atoms with Crippen molar-refractivity contribution in [2.45, 2.75) is 37.1 Å². The molecule has 0 radical (unpaired) electrons. The first-order valence-electron chi connectivity index (χ1n) is 9.53. The molecule has 148 valence electrons. The van der Waals surface area contributed by atoms with Crippen molar-refractivity contribution in [3.05, 3.63) is 65.7 Å². The van der Waals surface area contributed by atoms with E-state index in [4.69, 9.17) is 14.2 Å². The average Bonchev–Trinajstić information content (AvgIpc) is 2.72. The second kappa shape index (κ2) is 7.81. The van der Waals surface area contributed by atoms with E-state index in [9.17, 15) is 9.90 Å². The van der Waals surface area contributed by atoms with Gasteiger partial charge in [-0.25, -0.2) is 4.79 Å². The van der Waals surface area contributed by atoms with Crippen LogP contribution in [0.1, 0.15) is 24.0 Å². The minimum absolute atomic E-state index is 0.230. The maximum Gasteiger partial charge on any atom is 0.410 e. The number of carbonyl (C=O) groups excluding carboxylic acids is 1. The molecular formula is C22H25NO5. The first-order chi connectivity index (χ1) is 13.6. The van der Waals surface area contributed by atoms with Crippen LogP contribution in [0.15, 0.2) is 54.6 Å². The molecule has 0 aliphatic carbocycles. The fourth-order valence-electron chi connectivity index (χ4n) is 4.22. The van der Waals surface area contributed by atoms with Crippen molar-refractivity contribution < 1.29 is 24.1 Å². The molecule has 2 aromatic rings. The first kappa shape index (κ1) is 18.8. The molecule has 4 rings (SSSR count). The summed E-state index contributed by atoms with van der Waals surface area (Å²) in [6.45, 7) is 1.02. The van der Waals surface area contributed by atoms with E-state index in [1.807, 2.05) is 54.6 Å². The van der Waals surface area contributed by atoms with Crippen LogP contribution in [0.2, 0.25) is 0 Å². The number of amides is 1. The van der Waals surface area contributed by atoms with Gasteiger partial charge < -0.3 is 19.3 Å². The number of aliphatic hydroxyl groups is 1. The van der Waals surface area contributed by atoms with Gasteiger partial charge in [0.15, 0.2) is 0 Å². The molecule has 2 atom stereocenters. The van der Waals surface area contributed by atoms with E-state index in [0.717, 1.165) is 11.1 Å². The molecule has 0 spiro atoms. The van der Waals surface area contributed by atoms with Gasteiger partial charge in [-0.1, -0.05) is 42.5 Å². The van der Waals surface area contributed by atoms with Gasteiger partial charge in [0, 0.05) is 12.8 Å². The number of rotatable bonds is 4. The number of piperidine rings is 1. The van der Waals surface area contributed by atoms with Crippen LogP contribution in [0.3, 0.4) is 0 Å². The van der Waals surface area contributed by atoms with E-state index in [1.54, 1.807) is 12.0 Å². The number of fused-ring (bicyclic) bond motifs is 2. The van der Waals surface area contributed by atoms with Crippen LogP contribution in [0.5, 0.6) is 5.75 Å². The molecule has 1 N–H and O–H groups in total. The zero-order valence-electron chi connectivity index (χ0n) is 15.9. The van der Waals surface area contributed by atoms with Gasteiger partial charge in [0.05, 0.1) is 38.0 Å². The Labute approximate surface area is 164 Å². The van der Waals surface area contributed by atoms with Crippen molar-refractivity contribution in [1.29, 1.82) is 0 Å². The Balaban J connectivity index is 1.49. The highest BCUT2D eigenvalue weighted by Crippen LogP contribution is 2.42. The standard InChI is InChI=1S/C22H25NO5/c1-26-20-9-5-8-17(10-20)22(25)11-18-14-27-15-19(12-22)23(18)21(24)28-13-16-6-3-2-4-7-16/h2-10,18-19,25H,11-15H2,1H3. The third-order valence-corrected chi connectivity index (χ3v) is 5.58. The molecule has 6 nitrogen and oxygen atoms in total. The Morgan fingerprint density at radius 1 is 1.14 bits per heavy atom. The number of ether oxygens (including phenoxy) is 3. The van der Waals surface area contributed by atoms with Crippen molar-refractivity contribution in [2.24, 2.45) is 0 Å². The van der Waals surface area contributed by atoms with Crippen LogP contribution < -0.4 is 4.74 Å². The third-order valence-electron chi connectivity index (χ3n) is 5.58. The molecule has 2 saturated heterocycles. The van der Waals surface area contributed by atoms with Crippen LogP contribution in [0, 0.1) is 0 Å². The smallest absolute Gasteiger partial charge is 0.410 e. The summed E-state index contributed by atoms with van der Waals surface area (Å²) in [7, 11) is 1.61. The van der Waals surface area contributed by atoms with Crippen molar-refractivity contribution in [3.8, 4) is 5.75 Å². The molecule has 2 aromatic carbocycles. The predicted octanol–water partition coefficient (Wildman–Crippen LogP) is 3.08. The zero-order valence-corrected chi connectivity index (χ0v) is 15.9. The van der Waals surface area contributed by atoms with Crippen molar-refractivity contribution in [1.82, 2.24) is 4.90 Å². The summed E-state index contributed by atoms with van der Waals surface area (Å²) < 4.78 is 16.5. The number of nitrogens with zero attached hydrogens (tertiary/aromatic N) is 1. The second-order valence-corrected chi connectivity index (χ2v) is 7.46. The van der Waals surface area contributed by atoms with E-state index in [2.05, 4.69) is 0 Å². The van der Waals surface area contributed by atoms with Crippen molar-refractivity contribution in [2.75, 3.05) is 20.3 Å². The highest BCUT2D eigenvalue weighted by atomic mass is 16.6. The number of carbonyl (C=O) groups is 1. The van der Waals surface area contributed by atoms with Gasteiger partial charge in [-0.2, -0.15) is 0 Å². The fourth-order valence-corrected chi connectivity index (χ4v) is 4.22. The minimum atomic E-state index is -1.02. The quantitative estimate of drug-likeness (QED) is 0.879. The maximum atomic E-state index is 12.8. The lowest BCUT2D eigenvalue weighted by Gasteiger charge is -2.51. The molecule has 0 aromatic heterocycles. The summed E-state index contributed by atoms with van der Waals surface area (Å²) in [5.74, 6) is 0.706. The molecule has 1 amide bonds. The van der Waals surface area contributed by atoms with E-state index >= 15 is 0 Å². The highest BCUT2D eigenvalue weighted by molar-refractivity contribution is 5.69. The van der Waals surface area contributed by atoms with Crippen molar-refractivity contribution >= 4 is 6.09 Å². The Morgan fingerprint density at radius 3 is 2.54 bits per heavy atom. The largest absolute Gasteiger partial charge is 0.497 e. The van der Waals surface area contributed by atoms with E-state index in [1.165, 1.54) is 0 Å². The van der Waals surface area contributed by atoms with Crippen LogP contribution >= 0.6 is 0 Å². The summed E-state index contributed by atoms with van der Waals surface area (Å²) in [6, 6.07) is 16.6. The Bertz CT molecular complexity index is 811. The maximum absolute atomic E-state index is 12.8. The Morgan fingerprint density at radius 2 is 1.86 bits per heavy atom. The van der Waals surface area contributed by atoms with Gasteiger partial charge in [0.1, 0.15) is 12.4 Å². The van der Waals surface area contributed by atoms with Gasteiger partial charge in [-0.05, 0) is 23.3 Å². The highest BCUT2D eigenvalue weighted by Gasteiger charge is 2.49. The Kier molecular flexibility index (Phi) is 5.24. The van der Waals surface area contributed by atoms with Gasteiger partial charge >= 0.3 is 6.09 Å². The molecule has 2 aliphatic heterocycles. The minimum Gasteiger partial charge on any atom is -0.497 e. The number of morpholine rings is 1. The summed E-state index contributed by atoms with van der Waals surface area (Å²) in [5.41, 5.74) is 0.729. The molecule has 2 bridgehead atoms. The number of benzene rings is 2. The normalized spacial score (nSPS) is 26.6. The lowest BCUT2D eigenvalue weighted by Crippen LogP contribution is -2.62. The summed E-state index contributed by atoms with van der Waals surface area (Å²) in [6.07, 6.45) is 0.448. The lowest BCUT2D eigenvalue weighted by atomic mass is 9.77. The SMILES string of the molecule is COc1cccc(C2(O)CC3COCC(C2)N3C(=O)OCc2ccccc2)c1. The van der Waals surface area contributed by atoms with Gasteiger partial charge in [-0.15, -0.1) is 0 Å². The summed E-state index contributed by atoms with van der Waals surface area (Å²) in [5, 5.41) is 11.4. The van der Waals surface area contributed by atoms with Crippen LogP contribution in [-0.2, 0) is 21.7 Å². The molecule has 2 aliphatic rings. The fraction of sp³-hybridized carbons (Fsp3) is 0.409. The van der Waals surface area contributed by atoms with Gasteiger partial charge in [0.2, 0.25) is 0 Å². The molecule has 2 fully saturated rings. The molecule has 0 saturated carbocycles. The monoisotopic (exact) mass is 383 g/mol. The lowest BCUT2D eigenvalue weighted by molar-refractivity contribution is -0.137. The van der Waals surface area contributed by atoms with Crippen LogP contribution in [-0.4, -0.2) is 48.5 Å². The topological polar surface area (TPSA) is 68.2 Å². The first-order valence-corrected chi connectivity index (χ1v) is 9.53. The van der Waals surface area contributed by atoms with E-state index in [-0.39, 0.29) is 24.8 Å². The number of hydrogen-bond donors (Lipinski definition) is 1. The predicted molar refractivity (Wildman–Crippen MR) is 103 cm³/mol.